The second kappa shape index (κ2) is 9.00. The molecule has 0 saturated carbocycles. The molecule has 0 spiro atoms. The molecule has 0 aliphatic carbocycles. The first-order valence-corrected chi connectivity index (χ1v) is 9.25. The first kappa shape index (κ1) is 19.6. The Kier molecular flexibility index (Phi) is 7.67. The molecule has 0 fully saturated rings. The predicted octanol–water partition coefficient (Wildman–Crippen LogP) is 1.35. The van der Waals surface area contributed by atoms with Crippen molar-refractivity contribution in [3.05, 3.63) is 29.8 Å². The van der Waals surface area contributed by atoms with Gasteiger partial charge in [0.15, 0.2) is 0 Å². The zero-order chi connectivity index (χ0) is 17.5. The van der Waals surface area contributed by atoms with E-state index in [0.29, 0.717) is 5.56 Å². The van der Waals surface area contributed by atoms with Crippen molar-refractivity contribution in [3.63, 3.8) is 0 Å². The van der Waals surface area contributed by atoms with E-state index in [0.717, 1.165) is 17.1 Å². The van der Waals surface area contributed by atoms with Gasteiger partial charge in [-0.25, -0.2) is 8.42 Å². The Morgan fingerprint density at radius 3 is 2.43 bits per heavy atom. The molecule has 1 aromatic rings. The van der Waals surface area contributed by atoms with E-state index < -0.39 is 10.0 Å². The molecule has 0 saturated heterocycles. The van der Waals surface area contributed by atoms with Gasteiger partial charge in [-0.05, 0) is 24.5 Å². The van der Waals surface area contributed by atoms with E-state index in [1.54, 1.807) is 18.2 Å². The standard InChI is InChI=1S/C16H26N2O4S/c1-4-13(5-2)16(20)17-12-14-8-6-7-9-15(14)23(21,22)18(3)10-11-19/h6-9,13,19H,4-5,10-12H2,1-3H3,(H,17,20). The summed E-state index contributed by atoms with van der Waals surface area (Å²) in [5.74, 6) is -0.123. The molecule has 0 atom stereocenters. The second-order valence-corrected chi connectivity index (χ2v) is 7.40. The summed E-state index contributed by atoms with van der Waals surface area (Å²) in [7, 11) is -2.27. The second-order valence-electron chi connectivity index (χ2n) is 5.39. The van der Waals surface area contributed by atoms with Gasteiger partial charge in [0.25, 0.3) is 0 Å². The molecule has 6 nitrogen and oxygen atoms in total. The number of nitrogens with zero attached hydrogens (tertiary/aromatic N) is 1. The lowest BCUT2D eigenvalue weighted by Gasteiger charge is -2.19. The number of benzene rings is 1. The molecule has 0 bridgehead atoms. The quantitative estimate of drug-likeness (QED) is 0.709. The maximum atomic E-state index is 12.5. The molecule has 1 aromatic carbocycles. The van der Waals surface area contributed by atoms with Crippen LogP contribution in [0.4, 0.5) is 0 Å². The third-order valence-corrected chi connectivity index (χ3v) is 5.84. The lowest BCUT2D eigenvalue weighted by Crippen LogP contribution is -2.32. The average Bonchev–Trinajstić information content (AvgIpc) is 2.54. The fourth-order valence-corrected chi connectivity index (χ4v) is 3.70. The minimum absolute atomic E-state index is 0.0246. The smallest absolute Gasteiger partial charge is 0.243 e. The van der Waals surface area contributed by atoms with E-state index >= 15 is 0 Å². The highest BCUT2D eigenvalue weighted by atomic mass is 32.2. The van der Waals surface area contributed by atoms with Crippen LogP contribution >= 0.6 is 0 Å². The molecule has 0 heterocycles. The number of aliphatic hydroxyl groups excluding tert-OH is 1. The summed E-state index contributed by atoms with van der Waals surface area (Å²) in [4.78, 5) is 12.2. The molecular formula is C16H26N2O4S. The van der Waals surface area contributed by atoms with Crippen LogP contribution in [0.3, 0.4) is 0 Å². The molecule has 130 valence electrons. The Labute approximate surface area is 138 Å². The first-order chi connectivity index (χ1) is 10.9. The number of carbonyl (C=O) groups is 1. The van der Waals surface area contributed by atoms with Gasteiger partial charge in [-0.2, -0.15) is 4.31 Å². The largest absolute Gasteiger partial charge is 0.395 e. The van der Waals surface area contributed by atoms with Crippen molar-refractivity contribution in [2.24, 2.45) is 5.92 Å². The third kappa shape index (κ3) is 5.02. The number of carbonyl (C=O) groups excluding carboxylic acids is 1. The Bertz CT molecular complexity index is 612. The van der Waals surface area contributed by atoms with Crippen LogP contribution in [-0.2, 0) is 21.4 Å². The predicted molar refractivity (Wildman–Crippen MR) is 89.3 cm³/mol. The van der Waals surface area contributed by atoms with Crippen LogP contribution in [0.15, 0.2) is 29.2 Å². The van der Waals surface area contributed by atoms with Gasteiger partial charge in [0.2, 0.25) is 15.9 Å². The summed E-state index contributed by atoms with van der Waals surface area (Å²) < 4.78 is 26.2. The molecule has 1 amide bonds. The van der Waals surface area contributed by atoms with Crippen LogP contribution in [0.2, 0.25) is 0 Å². The summed E-state index contributed by atoms with van der Waals surface area (Å²) in [6.07, 6.45) is 1.50. The van der Waals surface area contributed by atoms with Crippen LogP contribution in [0.25, 0.3) is 0 Å². The molecule has 0 radical (unpaired) electrons. The van der Waals surface area contributed by atoms with Crippen molar-refractivity contribution in [1.82, 2.24) is 9.62 Å². The van der Waals surface area contributed by atoms with Crippen LogP contribution in [0.1, 0.15) is 32.3 Å². The molecule has 0 aliphatic heterocycles. The van der Waals surface area contributed by atoms with Gasteiger partial charge in [0, 0.05) is 26.1 Å². The van der Waals surface area contributed by atoms with Crippen molar-refractivity contribution in [1.29, 1.82) is 0 Å². The third-order valence-electron chi connectivity index (χ3n) is 3.89. The molecule has 2 N–H and O–H groups in total. The Morgan fingerprint density at radius 1 is 1.26 bits per heavy atom. The highest BCUT2D eigenvalue weighted by Gasteiger charge is 2.23. The van der Waals surface area contributed by atoms with Gasteiger partial charge < -0.3 is 10.4 Å². The van der Waals surface area contributed by atoms with E-state index in [2.05, 4.69) is 5.32 Å². The number of sulfonamides is 1. The number of hydrogen-bond donors (Lipinski definition) is 2. The van der Waals surface area contributed by atoms with Crippen LogP contribution in [0.5, 0.6) is 0 Å². The maximum absolute atomic E-state index is 12.5. The van der Waals surface area contributed by atoms with Gasteiger partial charge in [-0.3, -0.25) is 4.79 Å². The fraction of sp³-hybridized carbons (Fsp3) is 0.562. The molecule has 23 heavy (non-hydrogen) atoms. The number of nitrogens with one attached hydrogen (secondary N) is 1. The van der Waals surface area contributed by atoms with Crippen LogP contribution in [-0.4, -0.2) is 43.9 Å². The van der Waals surface area contributed by atoms with E-state index in [1.807, 2.05) is 13.8 Å². The SMILES string of the molecule is CCC(CC)C(=O)NCc1ccccc1S(=O)(=O)N(C)CCO. The summed E-state index contributed by atoms with van der Waals surface area (Å²) in [6.45, 7) is 3.85. The van der Waals surface area contributed by atoms with Gasteiger partial charge >= 0.3 is 0 Å². The van der Waals surface area contributed by atoms with Crippen molar-refractivity contribution in [2.45, 2.75) is 38.1 Å². The van der Waals surface area contributed by atoms with Gasteiger partial charge in [0.1, 0.15) is 0 Å². The van der Waals surface area contributed by atoms with Crippen molar-refractivity contribution in [3.8, 4) is 0 Å². The number of likely N-dealkylation sites (N-methyl/N-ethyl adjacent to an activating group) is 1. The molecule has 1 rings (SSSR count). The molecule has 0 unspecified atom stereocenters. The van der Waals surface area contributed by atoms with Gasteiger partial charge in [-0.15, -0.1) is 0 Å². The Balaban J connectivity index is 2.96. The lowest BCUT2D eigenvalue weighted by atomic mass is 10.0. The highest BCUT2D eigenvalue weighted by molar-refractivity contribution is 7.89. The van der Waals surface area contributed by atoms with E-state index in [9.17, 15) is 13.2 Å². The minimum atomic E-state index is -3.69. The average molecular weight is 342 g/mol. The molecule has 0 aliphatic rings. The number of hydrogen-bond acceptors (Lipinski definition) is 4. The zero-order valence-corrected chi connectivity index (χ0v) is 14.8. The first-order valence-electron chi connectivity index (χ1n) is 7.81. The van der Waals surface area contributed by atoms with Gasteiger partial charge in [-0.1, -0.05) is 32.0 Å². The normalized spacial score (nSPS) is 11.9. The van der Waals surface area contributed by atoms with Crippen molar-refractivity contribution >= 4 is 15.9 Å². The Morgan fingerprint density at radius 2 is 1.87 bits per heavy atom. The monoisotopic (exact) mass is 342 g/mol. The highest BCUT2D eigenvalue weighted by Crippen LogP contribution is 2.19. The van der Waals surface area contributed by atoms with Crippen molar-refractivity contribution < 1.29 is 18.3 Å². The van der Waals surface area contributed by atoms with Crippen molar-refractivity contribution in [2.75, 3.05) is 20.2 Å². The summed E-state index contributed by atoms with van der Waals surface area (Å²) in [5, 5.41) is 11.8. The molecular weight excluding hydrogens is 316 g/mol. The summed E-state index contributed by atoms with van der Waals surface area (Å²) in [5.41, 5.74) is 0.539. The summed E-state index contributed by atoms with van der Waals surface area (Å²) in [6, 6.07) is 6.59. The number of amides is 1. The van der Waals surface area contributed by atoms with Crippen LogP contribution < -0.4 is 5.32 Å². The Hall–Kier alpha value is -1.44. The molecule has 7 heteroatoms. The van der Waals surface area contributed by atoms with Crippen LogP contribution in [0, 0.1) is 5.92 Å². The van der Waals surface area contributed by atoms with E-state index in [4.69, 9.17) is 5.11 Å². The zero-order valence-electron chi connectivity index (χ0n) is 13.9. The number of aliphatic hydroxyl groups is 1. The lowest BCUT2D eigenvalue weighted by molar-refractivity contribution is -0.125. The van der Waals surface area contributed by atoms with Gasteiger partial charge in [0.05, 0.1) is 11.5 Å². The molecule has 0 aromatic heterocycles. The van der Waals surface area contributed by atoms with E-state index in [-0.39, 0.29) is 36.4 Å². The number of rotatable bonds is 9. The van der Waals surface area contributed by atoms with E-state index in [1.165, 1.54) is 13.1 Å². The topological polar surface area (TPSA) is 86.7 Å². The minimum Gasteiger partial charge on any atom is -0.395 e. The maximum Gasteiger partial charge on any atom is 0.243 e. The fourth-order valence-electron chi connectivity index (χ4n) is 2.32. The summed E-state index contributed by atoms with van der Waals surface area (Å²) >= 11 is 0.